The van der Waals surface area contributed by atoms with E-state index < -0.39 is 12.0 Å². The van der Waals surface area contributed by atoms with Gasteiger partial charge in [0.25, 0.3) is 5.91 Å². The minimum atomic E-state index is -0.805. The molecule has 1 aromatic carbocycles. The number of hydrogen-bond donors (Lipinski definition) is 1. The molecule has 2 N–H and O–H groups in total. The van der Waals surface area contributed by atoms with Crippen molar-refractivity contribution in [1.82, 2.24) is 4.90 Å². The van der Waals surface area contributed by atoms with E-state index in [1.807, 2.05) is 0 Å². The summed E-state index contributed by atoms with van der Waals surface area (Å²) >= 11 is 11.8. The van der Waals surface area contributed by atoms with E-state index in [-0.39, 0.29) is 17.5 Å². The van der Waals surface area contributed by atoms with Crippen LogP contribution in [-0.4, -0.2) is 36.4 Å². The molecule has 0 spiro atoms. The number of likely N-dealkylation sites (N-methyl/N-ethyl adjacent to an activating group) is 1. The van der Waals surface area contributed by atoms with Crippen molar-refractivity contribution in [2.45, 2.75) is 13.0 Å². The Morgan fingerprint density at radius 3 is 2.63 bits per heavy atom. The van der Waals surface area contributed by atoms with Crippen LogP contribution in [0.1, 0.15) is 6.92 Å². The fourth-order valence-electron chi connectivity index (χ4n) is 1.44. The predicted molar refractivity (Wildman–Crippen MR) is 73.4 cm³/mol. The molecule has 0 saturated carbocycles. The van der Waals surface area contributed by atoms with Crippen molar-refractivity contribution in [3.05, 3.63) is 28.2 Å². The maximum absolute atomic E-state index is 11.9. The highest BCUT2D eigenvalue weighted by atomic mass is 35.5. The molecule has 0 aliphatic heterocycles. The third-order valence-electron chi connectivity index (χ3n) is 2.34. The molecule has 0 fully saturated rings. The molecule has 0 heterocycles. The Morgan fingerprint density at radius 1 is 1.42 bits per heavy atom. The van der Waals surface area contributed by atoms with Crippen LogP contribution in [0.15, 0.2) is 18.2 Å². The number of nitrogens with two attached hydrogens (primary N) is 1. The van der Waals surface area contributed by atoms with Crippen LogP contribution in [0.25, 0.3) is 0 Å². The van der Waals surface area contributed by atoms with Gasteiger partial charge in [-0.3, -0.25) is 9.59 Å². The predicted octanol–water partition coefficient (Wildman–Crippen LogP) is 1.70. The lowest BCUT2D eigenvalue weighted by Crippen LogP contribution is -2.42. The van der Waals surface area contributed by atoms with Gasteiger partial charge in [0.1, 0.15) is 10.8 Å². The molecule has 0 aliphatic rings. The van der Waals surface area contributed by atoms with E-state index >= 15 is 0 Å². The minimum absolute atomic E-state index is 0.171. The highest BCUT2D eigenvalue weighted by molar-refractivity contribution is 6.42. The molecular weight excluding hydrogens is 291 g/mol. The molecule has 2 amide bonds. The molecule has 0 radical (unpaired) electrons. The Bertz CT molecular complexity index is 494. The van der Waals surface area contributed by atoms with Gasteiger partial charge in [0.2, 0.25) is 5.91 Å². The molecular formula is C12H14Cl2N2O3. The number of nitrogens with zero attached hydrogens (tertiary/aromatic N) is 1. The fraction of sp³-hybridized carbons (Fsp3) is 0.333. The number of primary amides is 1. The first-order valence-corrected chi connectivity index (χ1v) is 6.22. The van der Waals surface area contributed by atoms with Crippen LogP contribution in [0.3, 0.4) is 0 Å². The molecule has 0 saturated heterocycles. The number of carbonyl (C=O) groups excluding carboxylic acids is 2. The highest BCUT2D eigenvalue weighted by Gasteiger charge is 2.21. The first-order valence-electron chi connectivity index (χ1n) is 5.47. The first kappa shape index (κ1) is 15.6. The summed E-state index contributed by atoms with van der Waals surface area (Å²) in [5, 5.41) is 0.575. The molecule has 5 nitrogen and oxygen atoms in total. The van der Waals surface area contributed by atoms with Crippen molar-refractivity contribution in [2.75, 3.05) is 13.6 Å². The van der Waals surface area contributed by atoms with Crippen LogP contribution < -0.4 is 10.5 Å². The molecule has 7 heteroatoms. The van der Waals surface area contributed by atoms with Crippen LogP contribution >= 0.6 is 23.2 Å². The average molecular weight is 305 g/mol. The van der Waals surface area contributed by atoms with Gasteiger partial charge in [-0.1, -0.05) is 29.3 Å². The van der Waals surface area contributed by atoms with E-state index in [2.05, 4.69) is 0 Å². The summed E-state index contributed by atoms with van der Waals surface area (Å²) in [7, 11) is 1.46. The van der Waals surface area contributed by atoms with Gasteiger partial charge in [0.15, 0.2) is 6.10 Å². The molecule has 1 atom stereocenters. The van der Waals surface area contributed by atoms with Crippen LogP contribution in [0, 0.1) is 0 Å². The fourth-order valence-corrected chi connectivity index (χ4v) is 1.77. The minimum Gasteiger partial charge on any atom is -0.479 e. The van der Waals surface area contributed by atoms with Crippen LogP contribution in [-0.2, 0) is 9.59 Å². The molecule has 1 aromatic rings. The Balaban J connectivity index is 2.74. The molecule has 0 unspecified atom stereocenters. The number of benzene rings is 1. The Labute approximate surface area is 121 Å². The van der Waals surface area contributed by atoms with Crippen molar-refractivity contribution >= 4 is 35.0 Å². The lowest BCUT2D eigenvalue weighted by atomic mass is 10.3. The van der Waals surface area contributed by atoms with Gasteiger partial charge in [0.05, 0.1) is 11.6 Å². The summed E-state index contributed by atoms with van der Waals surface area (Å²) < 4.78 is 5.43. The summed E-state index contributed by atoms with van der Waals surface area (Å²) in [6.07, 6.45) is -0.805. The quantitative estimate of drug-likeness (QED) is 0.900. The van der Waals surface area contributed by atoms with Gasteiger partial charge in [-0.15, -0.1) is 0 Å². The molecule has 19 heavy (non-hydrogen) atoms. The van der Waals surface area contributed by atoms with E-state index in [0.29, 0.717) is 10.8 Å². The van der Waals surface area contributed by atoms with Crippen molar-refractivity contribution < 1.29 is 14.3 Å². The van der Waals surface area contributed by atoms with Gasteiger partial charge in [-0.05, 0) is 19.1 Å². The SMILES string of the molecule is C[C@@H](Oc1cccc(Cl)c1Cl)C(=O)N(C)CC(N)=O. The van der Waals surface area contributed by atoms with Gasteiger partial charge in [-0.25, -0.2) is 0 Å². The number of hydrogen-bond acceptors (Lipinski definition) is 3. The van der Waals surface area contributed by atoms with Gasteiger partial charge < -0.3 is 15.4 Å². The smallest absolute Gasteiger partial charge is 0.263 e. The third-order valence-corrected chi connectivity index (χ3v) is 3.14. The largest absolute Gasteiger partial charge is 0.479 e. The zero-order valence-corrected chi connectivity index (χ0v) is 12.0. The Hall–Kier alpha value is -1.46. The number of ether oxygens (including phenoxy) is 1. The van der Waals surface area contributed by atoms with Crippen LogP contribution in [0.4, 0.5) is 0 Å². The normalized spacial score (nSPS) is 11.8. The maximum atomic E-state index is 11.9. The number of halogens is 2. The molecule has 0 aromatic heterocycles. The Morgan fingerprint density at radius 2 is 2.05 bits per heavy atom. The average Bonchev–Trinajstić information content (AvgIpc) is 2.33. The number of rotatable bonds is 5. The van der Waals surface area contributed by atoms with E-state index in [4.69, 9.17) is 33.7 Å². The van der Waals surface area contributed by atoms with E-state index in [1.165, 1.54) is 11.9 Å². The van der Waals surface area contributed by atoms with E-state index in [0.717, 1.165) is 0 Å². The van der Waals surface area contributed by atoms with Gasteiger partial charge in [-0.2, -0.15) is 0 Å². The second-order valence-electron chi connectivity index (χ2n) is 3.97. The molecule has 0 bridgehead atoms. The summed E-state index contributed by atoms with van der Waals surface area (Å²) in [5.41, 5.74) is 5.02. The summed E-state index contributed by atoms with van der Waals surface area (Å²) in [6.45, 7) is 1.38. The Kier molecular flexibility index (Phi) is 5.44. The molecule has 104 valence electrons. The first-order chi connectivity index (χ1) is 8.82. The molecule has 1 rings (SSSR count). The summed E-state index contributed by atoms with van der Waals surface area (Å²) in [4.78, 5) is 23.8. The van der Waals surface area contributed by atoms with E-state index in [9.17, 15) is 9.59 Å². The lowest BCUT2D eigenvalue weighted by molar-refractivity contribution is -0.139. The van der Waals surface area contributed by atoms with Crippen molar-refractivity contribution in [3.63, 3.8) is 0 Å². The van der Waals surface area contributed by atoms with Crippen LogP contribution in [0.5, 0.6) is 5.75 Å². The maximum Gasteiger partial charge on any atom is 0.263 e. The van der Waals surface area contributed by atoms with Crippen molar-refractivity contribution in [2.24, 2.45) is 5.73 Å². The zero-order valence-electron chi connectivity index (χ0n) is 10.5. The van der Waals surface area contributed by atoms with Gasteiger partial charge >= 0.3 is 0 Å². The van der Waals surface area contributed by atoms with Crippen LogP contribution in [0.2, 0.25) is 10.0 Å². The zero-order chi connectivity index (χ0) is 14.6. The van der Waals surface area contributed by atoms with Crippen molar-refractivity contribution in [1.29, 1.82) is 0 Å². The number of carbonyl (C=O) groups is 2. The van der Waals surface area contributed by atoms with Crippen molar-refractivity contribution in [3.8, 4) is 5.75 Å². The second kappa shape index (κ2) is 6.63. The van der Waals surface area contributed by atoms with Gasteiger partial charge in [0, 0.05) is 7.05 Å². The molecule has 0 aliphatic carbocycles. The monoisotopic (exact) mass is 304 g/mol. The summed E-state index contributed by atoms with van der Waals surface area (Å²) in [6, 6.07) is 4.88. The second-order valence-corrected chi connectivity index (χ2v) is 4.76. The standard InChI is InChI=1S/C12H14Cl2N2O3/c1-7(12(18)16(2)6-10(15)17)19-9-5-3-4-8(13)11(9)14/h3-5,7H,6H2,1-2H3,(H2,15,17)/t7-/m1/s1. The topological polar surface area (TPSA) is 72.6 Å². The highest BCUT2D eigenvalue weighted by Crippen LogP contribution is 2.32. The lowest BCUT2D eigenvalue weighted by Gasteiger charge is -2.21. The third kappa shape index (κ3) is 4.29. The number of amides is 2. The summed E-state index contributed by atoms with van der Waals surface area (Å²) in [5.74, 6) is -0.666. The van der Waals surface area contributed by atoms with E-state index in [1.54, 1.807) is 25.1 Å².